The maximum Gasteiger partial charge on any atom is 0.306 e. The Morgan fingerprint density at radius 2 is 1.79 bits per heavy atom. The maximum absolute atomic E-state index is 11.6. The van der Waals surface area contributed by atoms with Gasteiger partial charge in [0.15, 0.2) is 0 Å². The first-order chi connectivity index (χ1) is 8.99. The van der Waals surface area contributed by atoms with Gasteiger partial charge in [-0.3, -0.25) is 9.59 Å². The summed E-state index contributed by atoms with van der Waals surface area (Å²) in [5.74, 6) is -1.24. The molecule has 0 saturated heterocycles. The Morgan fingerprint density at radius 1 is 1.11 bits per heavy atom. The molecule has 0 bridgehead atoms. The van der Waals surface area contributed by atoms with Crippen molar-refractivity contribution >= 4 is 11.9 Å². The van der Waals surface area contributed by atoms with Gasteiger partial charge in [-0.25, -0.2) is 0 Å². The van der Waals surface area contributed by atoms with Crippen molar-refractivity contribution in [2.45, 2.75) is 77.4 Å². The lowest BCUT2D eigenvalue weighted by atomic mass is 10.1. The fourth-order valence-corrected chi connectivity index (χ4v) is 1.74. The minimum Gasteiger partial charge on any atom is -0.481 e. The second-order valence-corrected chi connectivity index (χ2v) is 4.79. The molecular weight excluding hydrogens is 248 g/mol. The number of esters is 1. The van der Waals surface area contributed by atoms with Crippen LogP contribution in [0.1, 0.15) is 65.2 Å². The summed E-state index contributed by atoms with van der Waals surface area (Å²) < 4.78 is 5.19. The van der Waals surface area contributed by atoms with E-state index in [1.807, 2.05) is 6.92 Å². The summed E-state index contributed by atoms with van der Waals surface area (Å²) in [6, 6.07) is 0. The van der Waals surface area contributed by atoms with E-state index in [4.69, 9.17) is 9.84 Å². The number of hydrogen-bond donors (Lipinski definition) is 2. The Bertz CT molecular complexity index is 265. The molecular formula is C14H26O5. The molecule has 0 aliphatic heterocycles. The van der Waals surface area contributed by atoms with Crippen LogP contribution in [0, 0.1) is 0 Å². The van der Waals surface area contributed by atoms with Crippen LogP contribution in [0.2, 0.25) is 0 Å². The Hall–Kier alpha value is -1.10. The zero-order valence-corrected chi connectivity index (χ0v) is 11.9. The zero-order chi connectivity index (χ0) is 14.7. The van der Waals surface area contributed by atoms with Gasteiger partial charge in [-0.2, -0.15) is 0 Å². The molecule has 2 atom stereocenters. The molecule has 0 aromatic carbocycles. The lowest BCUT2D eigenvalue weighted by Gasteiger charge is -2.16. The van der Waals surface area contributed by atoms with Crippen LogP contribution < -0.4 is 0 Å². The number of aliphatic carboxylic acids is 1. The Kier molecular flexibility index (Phi) is 10.2. The van der Waals surface area contributed by atoms with Gasteiger partial charge in [0, 0.05) is 12.8 Å². The number of carboxylic acid groups (broad SMARTS) is 1. The quantitative estimate of drug-likeness (QED) is 0.565. The van der Waals surface area contributed by atoms with E-state index in [0.29, 0.717) is 25.7 Å². The topological polar surface area (TPSA) is 83.8 Å². The van der Waals surface area contributed by atoms with E-state index in [0.717, 1.165) is 12.8 Å². The highest BCUT2D eigenvalue weighted by molar-refractivity contribution is 5.70. The van der Waals surface area contributed by atoms with Crippen molar-refractivity contribution < 1.29 is 24.5 Å². The molecule has 0 aliphatic rings. The van der Waals surface area contributed by atoms with E-state index in [-0.39, 0.29) is 24.9 Å². The summed E-state index contributed by atoms with van der Waals surface area (Å²) >= 11 is 0. The monoisotopic (exact) mass is 274 g/mol. The lowest BCUT2D eigenvalue weighted by molar-refractivity contribution is -0.151. The third-order valence-electron chi connectivity index (χ3n) is 3.01. The van der Waals surface area contributed by atoms with Crippen molar-refractivity contribution in [1.82, 2.24) is 0 Å². The molecule has 2 N–H and O–H groups in total. The number of carboxylic acids is 1. The van der Waals surface area contributed by atoms with E-state index < -0.39 is 12.1 Å². The summed E-state index contributed by atoms with van der Waals surface area (Å²) in [5.41, 5.74) is 0. The summed E-state index contributed by atoms with van der Waals surface area (Å²) in [5, 5.41) is 18.2. The van der Waals surface area contributed by atoms with Gasteiger partial charge in [-0.05, 0) is 25.7 Å². The highest BCUT2D eigenvalue weighted by Crippen LogP contribution is 2.11. The van der Waals surface area contributed by atoms with E-state index in [1.165, 1.54) is 0 Å². The molecule has 0 radical (unpaired) electrons. The van der Waals surface area contributed by atoms with Gasteiger partial charge in [0.25, 0.3) is 0 Å². The highest BCUT2D eigenvalue weighted by atomic mass is 16.5. The van der Waals surface area contributed by atoms with Crippen molar-refractivity contribution in [3.05, 3.63) is 0 Å². The van der Waals surface area contributed by atoms with Crippen LogP contribution in [0.25, 0.3) is 0 Å². The molecule has 0 heterocycles. The van der Waals surface area contributed by atoms with Crippen LogP contribution >= 0.6 is 0 Å². The molecule has 0 spiro atoms. The van der Waals surface area contributed by atoms with Gasteiger partial charge >= 0.3 is 11.9 Å². The van der Waals surface area contributed by atoms with Crippen LogP contribution in [0.4, 0.5) is 0 Å². The first-order valence-corrected chi connectivity index (χ1v) is 7.08. The number of carbonyl (C=O) groups excluding carboxylic acids is 1. The van der Waals surface area contributed by atoms with Crippen LogP contribution in [0.5, 0.6) is 0 Å². The number of aliphatic hydroxyl groups excluding tert-OH is 1. The van der Waals surface area contributed by atoms with Gasteiger partial charge in [-0.1, -0.05) is 26.7 Å². The van der Waals surface area contributed by atoms with Gasteiger partial charge in [0.1, 0.15) is 6.10 Å². The number of hydrogen-bond acceptors (Lipinski definition) is 4. The summed E-state index contributed by atoms with van der Waals surface area (Å²) in [4.78, 5) is 22.0. The predicted octanol–water partition coefficient (Wildman–Crippen LogP) is 2.50. The molecule has 2 unspecified atom stereocenters. The molecule has 0 rings (SSSR count). The number of unbranched alkanes of at least 4 members (excludes halogenated alkanes) is 1. The molecule has 5 nitrogen and oxygen atoms in total. The number of carbonyl (C=O) groups is 2. The van der Waals surface area contributed by atoms with E-state index in [9.17, 15) is 14.7 Å². The zero-order valence-electron chi connectivity index (χ0n) is 11.9. The molecule has 0 fully saturated rings. The minimum atomic E-state index is -0.885. The van der Waals surface area contributed by atoms with E-state index in [2.05, 4.69) is 6.92 Å². The number of rotatable bonds is 11. The molecule has 112 valence electrons. The van der Waals surface area contributed by atoms with E-state index in [1.54, 1.807) is 0 Å². The average molecular weight is 274 g/mol. The minimum absolute atomic E-state index is 0.00487. The smallest absolute Gasteiger partial charge is 0.306 e. The summed E-state index contributed by atoms with van der Waals surface area (Å²) in [7, 11) is 0. The van der Waals surface area contributed by atoms with Crippen molar-refractivity contribution in [3.63, 3.8) is 0 Å². The molecule has 0 aliphatic carbocycles. The Morgan fingerprint density at radius 3 is 2.32 bits per heavy atom. The standard InChI is InChI=1S/C14H26O5/c1-3-5-6-11(15)7-10-14(18)19-12(4-2)8-9-13(16)17/h11-12,15H,3-10H2,1-2H3,(H,16,17). The SMILES string of the molecule is CCCCC(O)CCC(=O)OC(CC)CCC(=O)O. The highest BCUT2D eigenvalue weighted by Gasteiger charge is 2.15. The largest absolute Gasteiger partial charge is 0.481 e. The van der Waals surface area contributed by atoms with Crippen LogP contribution in [0.3, 0.4) is 0 Å². The maximum atomic E-state index is 11.6. The van der Waals surface area contributed by atoms with Crippen molar-refractivity contribution in [1.29, 1.82) is 0 Å². The molecule has 0 aromatic rings. The molecule has 0 aromatic heterocycles. The normalized spacial score (nSPS) is 13.8. The fraction of sp³-hybridized carbons (Fsp3) is 0.857. The lowest BCUT2D eigenvalue weighted by Crippen LogP contribution is -2.20. The van der Waals surface area contributed by atoms with Crippen molar-refractivity contribution in [3.8, 4) is 0 Å². The summed E-state index contributed by atoms with van der Waals surface area (Å²) in [6.45, 7) is 3.91. The average Bonchev–Trinajstić information content (AvgIpc) is 2.38. The van der Waals surface area contributed by atoms with Gasteiger partial charge < -0.3 is 14.9 Å². The number of ether oxygens (including phenoxy) is 1. The Labute approximate surface area is 115 Å². The number of aliphatic hydroxyl groups is 1. The van der Waals surface area contributed by atoms with Crippen molar-refractivity contribution in [2.75, 3.05) is 0 Å². The van der Waals surface area contributed by atoms with Gasteiger partial charge in [0.2, 0.25) is 0 Å². The third kappa shape index (κ3) is 10.5. The van der Waals surface area contributed by atoms with Gasteiger partial charge in [0.05, 0.1) is 6.10 Å². The third-order valence-corrected chi connectivity index (χ3v) is 3.01. The Balaban J connectivity index is 3.83. The fourth-order valence-electron chi connectivity index (χ4n) is 1.74. The predicted molar refractivity (Wildman–Crippen MR) is 71.8 cm³/mol. The van der Waals surface area contributed by atoms with Crippen molar-refractivity contribution in [2.24, 2.45) is 0 Å². The molecule has 0 amide bonds. The summed E-state index contributed by atoms with van der Waals surface area (Å²) in [6.07, 6.45) is 3.45. The van der Waals surface area contributed by atoms with Gasteiger partial charge in [-0.15, -0.1) is 0 Å². The van der Waals surface area contributed by atoms with Crippen LogP contribution in [-0.4, -0.2) is 34.4 Å². The molecule has 0 saturated carbocycles. The van der Waals surface area contributed by atoms with Crippen LogP contribution in [0.15, 0.2) is 0 Å². The first kappa shape index (κ1) is 17.9. The second kappa shape index (κ2) is 10.8. The van der Waals surface area contributed by atoms with Crippen LogP contribution in [-0.2, 0) is 14.3 Å². The molecule has 5 heteroatoms. The van der Waals surface area contributed by atoms with E-state index >= 15 is 0 Å². The second-order valence-electron chi connectivity index (χ2n) is 4.79. The first-order valence-electron chi connectivity index (χ1n) is 7.08. The molecule has 19 heavy (non-hydrogen) atoms.